The lowest BCUT2D eigenvalue weighted by atomic mass is 10.0. The zero-order valence-electron chi connectivity index (χ0n) is 13.3. The lowest BCUT2D eigenvalue weighted by molar-refractivity contribution is -0.146. The standard InChI is InChI=1S/C17H23NO4/c1-11-6-7-13(9-12(11)2)10-14(17(20)21-3)18-16(19)15-5-4-8-22-15/h6-7,9,14-15H,4-5,8,10H2,1-3H3,(H,18,19)/t14-,15+/m0/s1. The summed E-state index contributed by atoms with van der Waals surface area (Å²) in [4.78, 5) is 24.1. The van der Waals surface area contributed by atoms with Crippen molar-refractivity contribution in [2.24, 2.45) is 0 Å². The van der Waals surface area contributed by atoms with Gasteiger partial charge in [0.25, 0.3) is 0 Å². The fourth-order valence-corrected chi connectivity index (χ4v) is 2.55. The number of carbonyl (C=O) groups excluding carboxylic acids is 2. The van der Waals surface area contributed by atoms with Crippen LogP contribution in [0.4, 0.5) is 0 Å². The molecule has 5 heteroatoms. The molecule has 0 radical (unpaired) electrons. The van der Waals surface area contributed by atoms with E-state index in [9.17, 15) is 9.59 Å². The predicted octanol–water partition coefficient (Wildman–Crippen LogP) is 1.68. The molecule has 1 aromatic rings. The van der Waals surface area contributed by atoms with Crippen LogP contribution in [0.5, 0.6) is 0 Å². The van der Waals surface area contributed by atoms with Crippen LogP contribution in [0.1, 0.15) is 29.5 Å². The number of ether oxygens (including phenoxy) is 2. The molecule has 5 nitrogen and oxygen atoms in total. The fourth-order valence-electron chi connectivity index (χ4n) is 2.55. The first-order chi connectivity index (χ1) is 10.5. The van der Waals surface area contributed by atoms with Gasteiger partial charge >= 0.3 is 5.97 Å². The first-order valence-corrected chi connectivity index (χ1v) is 7.57. The van der Waals surface area contributed by atoms with Crippen molar-refractivity contribution >= 4 is 11.9 Å². The predicted molar refractivity (Wildman–Crippen MR) is 82.5 cm³/mol. The van der Waals surface area contributed by atoms with E-state index in [1.165, 1.54) is 12.7 Å². The Kier molecular flexibility index (Phi) is 5.55. The Labute approximate surface area is 131 Å². The smallest absolute Gasteiger partial charge is 0.328 e. The van der Waals surface area contributed by atoms with Crippen LogP contribution in [0.15, 0.2) is 18.2 Å². The van der Waals surface area contributed by atoms with Crippen LogP contribution in [0.3, 0.4) is 0 Å². The Bertz CT molecular complexity index is 550. The van der Waals surface area contributed by atoms with Gasteiger partial charge in [0.1, 0.15) is 12.1 Å². The van der Waals surface area contributed by atoms with Gasteiger partial charge in [0, 0.05) is 13.0 Å². The first-order valence-electron chi connectivity index (χ1n) is 7.57. The number of hydrogen-bond donors (Lipinski definition) is 1. The van der Waals surface area contributed by atoms with Gasteiger partial charge in [0.2, 0.25) is 5.91 Å². The summed E-state index contributed by atoms with van der Waals surface area (Å²) in [5.74, 6) is -0.679. The monoisotopic (exact) mass is 305 g/mol. The molecular formula is C17H23NO4. The topological polar surface area (TPSA) is 64.6 Å². The van der Waals surface area contributed by atoms with Gasteiger partial charge in [-0.25, -0.2) is 4.79 Å². The SMILES string of the molecule is COC(=O)[C@H](Cc1ccc(C)c(C)c1)NC(=O)[C@H]1CCCO1. The maximum absolute atomic E-state index is 12.1. The maximum Gasteiger partial charge on any atom is 0.328 e. The van der Waals surface area contributed by atoms with Gasteiger partial charge in [-0.1, -0.05) is 18.2 Å². The third kappa shape index (κ3) is 4.07. The van der Waals surface area contributed by atoms with Crippen molar-refractivity contribution in [1.82, 2.24) is 5.32 Å². The Balaban J connectivity index is 2.06. The second-order valence-corrected chi connectivity index (χ2v) is 5.71. The summed E-state index contributed by atoms with van der Waals surface area (Å²) in [5, 5.41) is 2.75. The van der Waals surface area contributed by atoms with Gasteiger partial charge in [0.15, 0.2) is 0 Å². The number of amides is 1. The van der Waals surface area contributed by atoms with Gasteiger partial charge < -0.3 is 14.8 Å². The Morgan fingerprint density at radius 1 is 1.36 bits per heavy atom. The number of esters is 1. The lowest BCUT2D eigenvalue weighted by Crippen LogP contribution is -2.47. The summed E-state index contributed by atoms with van der Waals surface area (Å²) < 4.78 is 10.2. The molecule has 22 heavy (non-hydrogen) atoms. The maximum atomic E-state index is 12.1. The number of aryl methyl sites for hydroxylation is 2. The number of carbonyl (C=O) groups is 2. The number of nitrogens with one attached hydrogen (secondary N) is 1. The van der Waals surface area contributed by atoms with Gasteiger partial charge in [-0.3, -0.25) is 4.79 Å². The number of hydrogen-bond acceptors (Lipinski definition) is 4. The number of methoxy groups -OCH3 is 1. The summed E-state index contributed by atoms with van der Waals surface area (Å²) in [7, 11) is 1.33. The minimum atomic E-state index is -0.691. The highest BCUT2D eigenvalue weighted by molar-refractivity contribution is 5.87. The normalized spacial score (nSPS) is 18.8. The molecule has 0 bridgehead atoms. The van der Waals surface area contributed by atoms with Gasteiger partial charge in [-0.05, 0) is 43.4 Å². The van der Waals surface area contributed by atoms with E-state index in [0.29, 0.717) is 19.4 Å². The van der Waals surface area contributed by atoms with Crippen LogP contribution in [-0.4, -0.2) is 37.7 Å². The fraction of sp³-hybridized carbons (Fsp3) is 0.529. The van der Waals surface area contributed by atoms with Crippen LogP contribution in [0.25, 0.3) is 0 Å². The Morgan fingerprint density at radius 3 is 2.73 bits per heavy atom. The highest BCUT2D eigenvalue weighted by atomic mass is 16.5. The molecule has 1 aliphatic rings. The molecule has 0 spiro atoms. The molecular weight excluding hydrogens is 282 g/mol. The zero-order valence-corrected chi connectivity index (χ0v) is 13.3. The average Bonchev–Trinajstić information content (AvgIpc) is 3.03. The van der Waals surface area contributed by atoms with Gasteiger partial charge in [-0.2, -0.15) is 0 Å². The zero-order chi connectivity index (χ0) is 16.1. The third-order valence-corrected chi connectivity index (χ3v) is 4.04. The van der Waals surface area contributed by atoms with Crippen molar-refractivity contribution in [3.63, 3.8) is 0 Å². The molecule has 2 atom stereocenters. The van der Waals surface area contributed by atoms with Crippen LogP contribution in [-0.2, 0) is 25.5 Å². The second kappa shape index (κ2) is 7.40. The van der Waals surface area contributed by atoms with Crippen molar-refractivity contribution in [3.8, 4) is 0 Å². The molecule has 120 valence electrons. The molecule has 0 aliphatic carbocycles. The van der Waals surface area contributed by atoms with E-state index < -0.39 is 18.1 Å². The molecule has 1 N–H and O–H groups in total. The molecule has 0 aromatic heterocycles. The van der Waals surface area contributed by atoms with Crippen LogP contribution >= 0.6 is 0 Å². The van der Waals surface area contributed by atoms with Crippen LogP contribution < -0.4 is 5.32 Å². The van der Waals surface area contributed by atoms with Gasteiger partial charge in [-0.15, -0.1) is 0 Å². The van der Waals surface area contributed by atoms with Crippen LogP contribution in [0, 0.1) is 13.8 Å². The molecule has 2 rings (SSSR count). The molecule has 0 saturated carbocycles. The van der Waals surface area contributed by atoms with E-state index in [2.05, 4.69) is 5.32 Å². The van der Waals surface area contributed by atoms with E-state index in [0.717, 1.165) is 17.5 Å². The highest BCUT2D eigenvalue weighted by Gasteiger charge is 2.29. The van der Waals surface area contributed by atoms with Gasteiger partial charge in [0.05, 0.1) is 7.11 Å². The van der Waals surface area contributed by atoms with E-state index >= 15 is 0 Å². The third-order valence-electron chi connectivity index (χ3n) is 4.04. The van der Waals surface area contributed by atoms with Crippen LogP contribution in [0.2, 0.25) is 0 Å². The summed E-state index contributed by atoms with van der Waals surface area (Å²) in [6, 6.07) is 5.32. The minimum absolute atomic E-state index is 0.239. The summed E-state index contributed by atoms with van der Waals surface area (Å²) >= 11 is 0. The number of rotatable bonds is 5. The highest BCUT2D eigenvalue weighted by Crippen LogP contribution is 2.14. The average molecular weight is 305 g/mol. The van der Waals surface area contributed by atoms with E-state index in [-0.39, 0.29) is 5.91 Å². The molecule has 1 fully saturated rings. The second-order valence-electron chi connectivity index (χ2n) is 5.71. The Hall–Kier alpha value is -1.88. The van der Waals surface area contributed by atoms with Crippen molar-refractivity contribution in [3.05, 3.63) is 34.9 Å². The molecule has 1 heterocycles. The molecule has 1 aromatic carbocycles. The van der Waals surface area contributed by atoms with E-state index in [1.54, 1.807) is 0 Å². The molecule has 1 saturated heterocycles. The molecule has 0 unspecified atom stereocenters. The molecule has 1 amide bonds. The van der Waals surface area contributed by atoms with E-state index in [4.69, 9.17) is 9.47 Å². The Morgan fingerprint density at radius 2 is 2.14 bits per heavy atom. The lowest BCUT2D eigenvalue weighted by Gasteiger charge is -2.19. The summed E-state index contributed by atoms with van der Waals surface area (Å²) in [5.41, 5.74) is 3.35. The first kappa shape index (κ1) is 16.5. The quantitative estimate of drug-likeness (QED) is 0.841. The van der Waals surface area contributed by atoms with Crippen molar-refractivity contribution in [2.75, 3.05) is 13.7 Å². The summed E-state index contributed by atoms with van der Waals surface area (Å²) in [6.07, 6.45) is 1.53. The largest absolute Gasteiger partial charge is 0.467 e. The van der Waals surface area contributed by atoms with Crippen molar-refractivity contribution < 1.29 is 19.1 Å². The van der Waals surface area contributed by atoms with E-state index in [1.807, 2.05) is 32.0 Å². The minimum Gasteiger partial charge on any atom is -0.467 e. The van der Waals surface area contributed by atoms with Crippen molar-refractivity contribution in [1.29, 1.82) is 0 Å². The van der Waals surface area contributed by atoms with Crippen molar-refractivity contribution in [2.45, 2.75) is 45.3 Å². The summed E-state index contributed by atoms with van der Waals surface area (Å²) in [6.45, 7) is 4.66. The number of benzene rings is 1. The molecule has 1 aliphatic heterocycles.